The Balaban J connectivity index is 2.15. The zero-order chi connectivity index (χ0) is 18.1. The number of rotatable bonds is 10. The number of carboxylic acids is 1. The molecule has 2 rings (SSSR count). The quantitative estimate of drug-likeness (QED) is 0.670. The van der Waals surface area contributed by atoms with Crippen LogP contribution in [0.4, 0.5) is 0 Å². The van der Waals surface area contributed by atoms with Crippen LogP contribution in [0.2, 0.25) is 0 Å². The summed E-state index contributed by atoms with van der Waals surface area (Å²) in [6.07, 6.45) is 2.20. The molecule has 1 unspecified atom stereocenters. The Hall–Kier alpha value is -2.59. The van der Waals surface area contributed by atoms with Crippen molar-refractivity contribution in [2.75, 3.05) is 13.2 Å². The third-order valence-electron chi connectivity index (χ3n) is 3.98. The molecule has 0 bridgehead atoms. The topological polar surface area (TPSA) is 49.8 Å². The molecule has 25 heavy (non-hydrogen) atoms. The van der Waals surface area contributed by atoms with Gasteiger partial charge in [0.25, 0.3) is 0 Å². The van der Waals surface area contributed by atoms with Crippen molar-refractivity contribution < 1.29 is 14.6 Å². The largest absolute Gasteiger partial charge is 0.494 e. The summed E-state index contributed by atoms with van der Waals surface area (Å²) in [5.74, 6) is -0.00256. The summed E-state index contributed by atoms with van der Waals surface area (Å²) in [6, 6.07) is 16.9. The first kappa shape index (κ1) is 18.7. The lowest BCUT2D eigenvalue weighted by Gasteiger charge is -2.28. The van der Waals surface area contributed by atoms with E-state index >= 15 is 0 Å². The van der Waals surface area contributed by atoms with Crippen molar-refractivity contribution in [2.24, 2.45) is 0 Å². The molecule has 0 heterocycles. The molecule has 0 saturated carbocycles. The van der Waals surface area contributed by atoms with E-state index in [1.165, 1.54) is 0 Å². The summed E-state index contributed by atoms with van der Waals surface area (Å²) >= 11 is 0. The SMILES string of the molecule is C=CCN(Cc1ccc(OCC)cc1)C(Cc1ccccc1)C(=O)O. The van der Waals surface area contributed by atoms with Gasteiger partial charge in [-0.2, -0.15) is 0 Å². The molecule has 0 aromatic heterocycles. The van der Waals surface area contributed by atoms with Crippen LogP contribution in [0.15, 0.2) is 67.3 Å². The second kappa shape index (κ2) is 9.64. The summed E-state index contributed by atoms with van der Waals surface area (Å²) in [5, 5.41) is 9.73. The fraction of sp³-hybridized carbons (Fsp3) is 0.286. The van der Waals surface area contributed by atoms with Gasteiger partial charge in [0.05, 0.1) is 6.61 Å². The molecule has 0 saturated heterocycles. The van der Waals surface area contributed by atoms with Crippen LogP contribution in [0.3, 0.4) is 0 Å². The number of benzene rings is 2. The molecule has 0 radical (unpaired) electrons. The lowest BCUT2D eigenvalue weighted by atomic mass is 10.0. The van der Waals surface area contributed by atoms with Gasteiger partial charge < -0.3 is 9.84 Å². The highest BCUT2D eigenvalue weighted by Gasteiger charge is 2.25. The van der Waals surface area contributed by atoms with E-state index in [1.54, 1.807) is 6.08 Å². The van der Waals surface area contributed by atoms with E-state index in [-0.39, 0.29) is 0 Å². The summed E-state index contributed by atoms with van der Waals surface area (Å²) in [5.41, 5.74) is 2.06. The van der Waals surface area contributed by atoms with Crippen molar-refractivity contribution in [3.05, 3.63) is 78.4 Å². The second-order valence-electron chi connectivity index (χ2n) is 5.84. The van der Waals surface area contributed by atoms with Gasteiger partial charge in [0.2, 0.25) is 0 Å². The minimum Gasteiger partial charge on any atom is -0.494 e. The van der Waals surface area contributed by atoms with Crippen LogP contribution < -0.4 is 4.74 Å². The molecule has 2 aromatic carbocycles. The molecule has 1 N–H and O–H groups in total. The molecule has 4 heteroatoms. The van der Waals surface area contributed by atoms with Crippen LogP contribution in [0.1, 0.15) is 18.1 Å². The van der Waals surface area contributed by atoms with Gasteiger partial charge in [-0.25, -0.2) is 0 Å². The number of nitrogens with zero attached hydrogens (tertiary/aromatic N) is 1. The molecule has 1 atom stereocenters. The summed E-state index contributed by atoms with van der Waals surface area (Å²) in [7, 11) is 0. The van der Waals surface area contributed by atoms with Gasteiger partial charge in [0.15, 0.2) is 0 Å². The minimum atomic E-state index is -0.823. The maximum atomic E-state index is 11.9. The monoisotopic (exact) mass is 339 g/mol. The average molecular weight is 339 g/mol. The van der Waals surface area contributed by atoms with E-state index in [9.17, 15) is 9.90 Å². The highest BCUT2D eigenvalue weighted by molar-refractivity contribution is 5.74. The molecule has 0 spiro atoms. The molecular weight excluding hydrogens is 314 g/mol. The molecule has 0 aliphatic carbocycles. The first-order valence-corrected chi connectivity index (χ1v) is 8.47. The third-order valence-corrected chi connectivity index (χ3v) is 3.98. The zero-order valence-electron chi connectivity index (χ0n) is 14.6. The summed E-state index contributed by atoms with van der Waals surface area (Å²) in [4.78, 5) is 13.8. The van der Waals surface area contributed by atoms with Crippen LogP contribution in [-0.4, -0.2) is 35.2 Å². The Morgan fingerprint density at radius 2 is 1.84 bits per heavy atom. The van der Waals surface area contributed by atoms with Crippen molar-refractivity contribution in [3.8, 4) is 5.75 Å². The van der Waals surface area contributed by atoms with Crippen LogP contribution in [0, 0.1) is 0 Å². The highest BCUT2D eigenvalue weighted by atomic mass is 16.5. The molecule has 2 aromatic rings. The Labute approximate surface area is 149 Å². The fourth-order valence-corrected chi connectivity index (χ4v) is 2.77. The van der Waals surface area contributed by atoms with Crippen LogP contribution in [0.5, 0.6) is 5.75 Å². The Bertz CT molecular complexity index is 667. The van der Waals surface area contributed by atoms with Crippen LogP contribution in [0.25, 0.3) is 0 Å². The molecule has 0 aliphatic heterocycles. The average Bonchev–Trinajstić information content (AvgIpc) is 2.62. The van der Waals surface area contributed by atoms with Crippen molar-refractivity contribution in [2.45, 2.75) is 25.9 Å². The van der Waals surface area contributed by atoms with E-state index in [1.807, 2.05) is 66.4 Å². The second-order valence-corrected chi connectivity index (χ2v) is 5.84. The molecular formula is C21H25NO3. The lowest BCUT2D eigenvalue weighted by Crippen LogP contribution is -2.42. The number of hydrogen-bond acceptors (Lipinski definition) is 3. The smallest absolute Gasteiger partial charge is 0.321 e. The Kier molecular flexibility index (Phi) is 7.23. The molecule has 132 valence electrons. The standard InChI is InChI=1S/C21H25NO3/c1-3-14-22(16-18-10-12-19(13-11-18)25-4-2)20(21(23)24)15-17-8-6-5-7-9-17/h3,5-13,20H,1,4,14-16H2,2H3,(H,23,24). The van der Waals surface area contributed by atoms with Gasteiger partial charge in [-0.15, -0.1) is 6.58 Å². The number of ether oxygens (including phenoxy) is 1. The van der Waals surface area contributed by atoms with Crippen molar-refractivity contribution in [3.63, 3.8) is 0 Å². The Morgan fingerprint density at radius 1 is 1.16 bits per heavy atom. The van der Waals surface area contributed by atoms with E-state index in [0.29, 0.717) is 26.1 Å². The van der Waals surface area contributed by atoms with Gasteiger partial charge >= 0.3 is 5.97 Å². The van der Waals surface area contributed by atoms with Crippen LogP contribution >= 0.6 is 0 Å². The number of hydrogen-bond donors (Lipinski definition) is 1. The third kappa shape index (κ3) is 5.76. The van der Waals surface area contributed by atoms with E-state index in [0.717, 1.165) is 16.9 Å². The van der Waals surface area contributed by atoms with Gasteiger partial charge in [-0.1, -0.05) is 48.5 Å². The van der Waals surface area contributed by atoms with E-state index < -0.39 is 12.0 Å². The predicted molar refractivity (Wildman–Crippen MR) is 99.8 cm³/mol. The normalized spacial score (nSPS) is 11.9. The maximum Gasteiger partial charge on any atom is 0.321 e. The Morgan fingerprint density at radius 3 is 2.40 bits per heavy atom. The van der Waals surface area contributed by atoms with Crippen molar-refractivity contribution in [1.82, 2.24) is 4.90 Å². The van der Waals surface area contributed by atoms with Crippen molar-refractivity contribution >= 4 is 5.97 Å². The van der Waals surface area contributed by atoms with Gasteiger partial charge in [0.1, 0.15) is 11.8 Å². The van der Waals surface area contributed by atoms with Gasteiger partial charge in [-0.3, -0.25) is 9.69 Å². The maximum absolute atomic E-state index is 11.9. The molecule has 0 fully saturated rings. The lowest BCUT2D eigenvalue weighted by molar-refractivity contribution is -0.143. The zero-order valence-corrected chi connectivity index (χ0v) is 14.6. The minimum absolute atomic E-state index is 0.459. The molecule has 0 aliphatic rings. The number of aliphatic carboxylic acids is 1. The van der Waals surface area contributed by atoms with E-state index in [4.69, 9.17) is 4.74 Å². The summed E-state index contributed by atoms with van der Waals surface area (Å²) in [6.45, 7) is 7.40. The first-order valence-electron chi connectivity index (χ1n) is 8.47. The number of carboxylic acid groups (broad SMARTS) is 1. The first-order chi connectivity index (χ1) is 12.1. The van der Waals surface area contributed by atoms with Crippen LogP contribution in [-0.2, 0) is 17.8 Å². The number of carbonyl (C=O) groups is 1. The van der Waals surface area contributed by atoms with Gasteiger partial charge in [0, 0.05) is 13.1 Å². The van der Waals surface area contributed by atoms with Crippen molar-refractivity contribution in [1.29, 1.82) is 0 Å². The predicted octanol–water partition coefficient (Wildman–Crippen LogP) is 3.77. The molecule has 4 nitrogen and oxygen atoms in total. The molecule has 0 amide bonds. The van der Waals surface area contributed by atoms with Gasteiger partial charge in [-0.05, 0) is 36.6 Å². The van der Waals surface area contributed by atoms with E-state index in [2.05, 4.69) is 6.58 Å². The summed E-state index contributed by atoms with van der Waals surface area (Å²) < 4.78 is 5.45. The highest BCUT2D eigenvalue weighted by Crippen LogP contribution is 2.17. The fourth-order valence-electron chi connectivity index (χ4n) is 2.77.